The first-order valence-electron chi connectivity index (χ1n) is 14.4. The second-order valence-electron chi connectivity index (χ2n) is 9.82. The molecule has 2 nitrogen and oxygen atoms in total. The molecule has 1 aromatic heterocycles. The van der Waals surface area contributed by atoms with Gasteiger partial charge in [-0.2, -0.15) is 0 Å². The topological polar surface area (TPSA) is 25.8 Å². The van der Waals surface area contributed by atoms with Crippen molar-refractivity contribution in [3.63, 3.8) is 0 Å². The Morgan fingerprint density at radius 3 is 1.19 bits per heavy atom. The van der Waals surface area contributed by atoms with Gasteiger partial charge in [0, 0.05) is 17.8 Å². The largest absolute Gasteiger partial charge is 0.238 e. The third kappa shape index (κ3) is 13.6. The van der Waals surface area contributed by atoms with Crippen molar-refractivity contribution in [2.75, 3.05) is 0 Å². The van der Waals surface area contributed by atoms with Crippen LogP contribution < -0.4 is 0 Å². The van der Waals surface area contributed by atoms with Crippen LogP contribution in [0.4, 0.5) is 0 Å². The summed E-state index contributed by atoms with van der Waals surface area (Å²) in [6, 6.07) is 0. The lowest BCUT2D eigenvalue weighted by Crippen LogP contribution is -2.11. The maximum atomic E-state index is 5.01. The number of rotatable bonds is 22. The van der Waals surface area contributed by atoms with E-state index in [0.717, 1.165) is 18.7 Å². The van der Waals surface area contributed by atoms with Crippen molar-refractivity contribution in [3.8, 4) is 0 Å². The highest BCUT2D eigenvalue weighted by Gasteiger charge is 2.14. The summed E-state index contributed by atoms with van der Waals surface area (Å²) in [5.74, 6) is 0.971. The molecule has 1 rings (SSSR count). The Balaban J connectivity index is 2.74. The predicted octanol–water partition coefficient (Wildman–Crippen LogP) is 9.56. The smallest absolute Gasteiger partial charge is 0.128 e. The molecular weight excluding hydrogens is 388 g/mol. The van der Waals surface area contributed by atoms with Crippen LogP contribution in [0.3, 0.4) is 0 Å². The van der Waals surface area contributed by atoms with Crippen LogP contribution in [0.25, 0.3) is 0 Å². The molecule has 0 spiro atoms. The summed E-state index contributed by atoms with van der Waals surface area (Å²) in [4.78, 5) is 10.0. The summed E-state index contributed by atoms with van der Waals surface area (Å²) in [5.41, 5.74) is 4.24. The minimum absolute atomic E-state index is 0.713. The molecule has 0 unspecified atom stereocenters. The third-order valence-electron chi connectivity index (χ3n) is 6.76. The molecule has 1 heterocycles. The Morgan fingerprint density at radius 2 is 0.812 bits per heavy atom. The van der Waals surface area contributed by atoms with E-state index in [-0.39, 0.29) is 0 Å². The summed E-state index contributed by atoms with van der Waals surface area (Å²) in [5, 5.41) is 0. The maximum Gasteiger partial charge on any atom is 0.128 e. The lowest BCUT2D eigenvalue weighted by molar-refractivity contribution is 0.584. The van der Waals surface area contributed by atoms with Gasteiger partial charge in [0.2, 0.25) is 0 Å². The summed E-state index contributed by atoms with van der Waals surface area (Å²) in [6.07, 6.45) is 28.4. The SMILES string of the molecule is [CH2]Cc1nc(CCCCCCCC)c(CCCCCCCC)c(CCCCCCCC)n1. The fourth-order valence-corrected chi connectivity index (χ4v) is 4.68. The fourth-order valence-electron chi connectivity index (χ4n) is 4.68. The Bertz CT molecular complexity index is 515. The van der Waals surface area contributed by atoms with E-state index < -0.39 is 0 Å². The molecule has 185 valence electrons. The van der Waals surface area contributed by atoms with Crippen molar-refractivity contribution in [1.29, 1.82) is 0 Å². The summed E-state index contributed by atoms with van der Waals surface area (Å²) >= 11 is 0. The zero-order valence-electron chi connectivity index (χ0n) is 22.2. The van der Waals surface area contributed by atoms with Crippen molar-refractivity contribution >= 4 is 0 Å². The molecule has 0 atom stereocenters. The zero-order chi connectivity index (χ0) is 23.3. The van der Waals surface area contributed by atoms with E-state index in [0.29, 0.717) is 6.42 Å². The van der Waals surface area contributed by atoms with Gasteiger partial charge in [-0.25, -0.2) is 9.97 Å². The Hall–Kier alpha value is -0.920. The Labute approximate surface area is 201 Å². The van der Waals surface area contributed by atoms with Gasteiger partial charge >= 0.3 is 0 Å². The molecule has 0 N–H and O–H groups in total. The number of nitrogens with zero attached hydrogens (tertiary/aromatic N) is 2. The summed E-state index contributed by atoms with van der Waals surface area (Å²) in [6.45, 7) is 11.0. The van der Waals surface area contributed by atoms with E-state index in [2.05, 4.69) is 27.7 Å². The summed E-state index contributed by atoms with van der Waals surface area (Å²) < 4.78 is 0. The minimum Gasteiger partial charge on any atom is -0.238 e. The Morgan fingerprint density at radius 1 is 0.469 bits per heavy atom. The molecule has 0 saturated carbocycles. The van der Waals surface area contributed by atoms with Crippen LogP contribution in [0.5, 0.6) is 0 Å². The van der Waals surface area contributed by atoms with Gasteiger partial charge in [0.1, 0.15) is 5.82 Å². The fraction of sp³-hybridized carbons (Fsp3) is 0.833. The van der Waals surface area contributed by atoms with Gasteiger partial charge in [-0.3, -0.25) is 0 Å². The van der Waals surface area contributed by atoms with E-state index in [4.69, 9.17) is 9.97 Å². The van der Waals surface area contributed by atoms with Crippen molar-refractivity contribution in [3.05, 3.63) is 29.7 Å². The van der Waals surface area contributed by atoms with Crippen molar-refractivity contribution < 1.29 is 0 Å². The van der Waals surface area contributed by atoms with E-state index in [9.17, 15) is 0 Å². The van der Waals surface area contributed by atoms with E-state index in [1.807, 2.05) is 0 Å². The van der Waals surface area contributed by atoms with Gasteiger partial charge in [-0.05, 0) is 51.0 Å². The number of aryl methyl sites for hydroxylation is 2. The minimum atomic E-state index is 0.713. The molecule has 0 bridgehead atoms. The van der Waals surface area contributed by atoms with Crippen LogP contribution in [0, 0.1) is 6.92 Å². The maximum absolute atomic E-state index is 5.01. The first kappa shape index (κ1) is 29.1. The molecule has 0 saturated heterocycles. The molecule has 1 aromatic rings. The van der Waals surface area contributed by atoms with Crippen molar-refractivity contribution in [2.24, 2.45) is 0 Å². The molecule has 0 aliphatic heterocycles. The van der Waals surface area contributed by atoms with Crippen molar-refractivity contribution in [1.82, 2.24) is 9.97 Å². The molecule has 2 heteroatoms. The van der Waals surface area contributed by atoms with Gasteiger partial charge in [0.15, 0.2) is 0 Å². The van der Waals surface area contributed by atoms with E-state index in [1.165, 1.54) is 139 Å². The quantitative estimate of drug-likeness (QED) is 0.167. The summed E-state index contributed by atoms with van der Waals surface area (Å²) in [7, 11) is 0. The van der Waals surface area contributed by atoms with Crippen LogP contribution in [-0.2, 0) is 25.7 Å². The number of hydrogen-bond donors (Lipinski definition) is 0. The first-order valence-corrected chi connectivity index (χ1v) is 14.4. The highest BCUT2D eigenvalue weighted by molar-refractivity contribution is 5.27. The third-order valence-corrected chi connectivity index (χ3v) is 6.76. The molecule has 0 aliphatic rings. The van der Waals surface area contributed by atoms with E-state index in [1.54, 1.807) is 0 Å². The number of hydrogen-bond acceptors (Lipinski definition) is 2. The average Bonchev–Trinajstić information content (AvgIpc) is 2.81. The molecule has 0 aliphatic carbocycles. The second-order valence-corrected chi connectivity index (χ2v) is 9.82. The highest BCUT2D eigenvalue weighted by atomic mass is 14.9. The molecule has 0 aromatic carbocycles. The van der Waals surface area contributed by atoms with Crippen LogP contribution in [0.2, 0.25) is 0 Å². The molecule has 1 radical (unpaired) electrons. The molecule has 0 amide bonds. The molecule has 0 fully saturated rings. The van der Waals surface area contributed by atoms with Crippen LogP contribution >= 0.6 is 0 Å². The van der Waals surface area contributed by atoms with Crippen LogP contribution in [0.15, 0.2) is 0 Å². The lowest BCUT2D eigenvalue weighted by atomic mass is 9.96. The monoisotopic (exact) mass is 443 g/mol. The van der Waals surface area contributed by atoms with Gasteiger partial charge in [0.05, 0.1) is 0 Å². The number of unbranched alkanes of at least 4 members (excludes halogenated alkanes) is 15. The number of aromatic nitrogens is 2. The van der Waals surface area contributed by atoms with Gasteiger partial charge < -0.3 is 0 Å². The Kier molecular flexibility index (Phi) is 18.8. The molecular formula is C30H55N2. The average molecular weight is 444 g/mol. The highest BCUT2D eigenvalue weighted by Crippen LogP contribution is 2.22. The van der Waals surface area contributed by atoms with Gasteiger partial charge in [0.25, 0.3) is 0 Å². The normalized spacial score (nSPS) is 11.4. The van der Waals surface area contributed by atoms with Gasteiger partial charge in [-0.1, -0.05) is 117 Å². The zero-order valence-corrected chi connectivity index (χ0v) is 22.2. The standard InChI is InChI=1S/C30H55N2/c1-5-9-12-15-18-21-24-27-28(25-22-19-16-13-10-6-2)31-30(8-4)32-29(27)26-23-20-17-14-11-7-3/h4-26H2,1-3H3. The molecule has 32 heavy (non-hydrogen) atoms. The van der Waals surface area contributed by atoms with Crippen LogP contribution in [-0.4, -0.2) is 9.97 Å². The lowest BCUT2D eigenvalue weighted by Gasteiger charge is -2.16. The van der Waals surface area contributed by atoms with Crippen molar-refractivity contribution in [2.45, 2.75) is 162 Å². The second kappa shape index (κ2) is 20.7. The van der Waals surface area contributed by atoms with E-state index >= 15 is 0 Å². The predicted molar refractivity (Wildman–Crippen MR) is 142 cm³/mol. The first-order chi connectivity index (χ1) is 15.8. The van der Waals surface area contributed by atoms with Gasteiger partial charge in [-0.15, -0.1) is 0 Å². The van der Waals surface area contributed by atoms with Crippen LogP contribution in [0.1, 0.15) is 159 Å².